The highest BCUT2D eigenvalue weighted by Crippen LogP contribution is 2.67. The summed E-state index contributed by atoms with van der Waals surface area (Å²) in [7, 11) is 2.62. The Labute approximate surface area is 111 Å². The maximum Gasteiger partial charge on any atom is 0.335 e. The minimum atomic E-state index is -0.487. The van der Waals surface area contributed by atoms with E-state index in [1.54, 1.807) is 0 Å². The number of carbonyl (C=O) groups excluding carboxylic acids is 2. The first-order valence-electron chi connectivity index (χ1n) is 6.20. The molecule has 3 aliphatic carbocycles. The van der Waals surface area contributed by atoms with Crippen LogP contribution < -0.4 is 0 Å². The van der Waals surface area contributed by atoms with Gasteiger partial charge in [-0.25, -0.2) is 9.59 Å². The summed E-state index contributed by atoms with van der Waals surface area (Å²) in [6.45, 7) is 3.93. The molecule has 0 N–H and O–H groups in total. The van der Waals surface area contributed by atoms with Gasteiger partial charge in [-0.3, -0.25) is 0 Å². The molecule has 0 aromatic heterocycles. The second-order valence-electron chi connectivity index (χ2n) is 5.47. The van der Waals surface area contributed by atoms with Gasteiger partial charge in [-0.2, -0.15) is 0 Å². The Hall–Kier alpha value is -1.62. The fourth-order valence-electron chi connectivity index (χ4n) is 3.52. The minimum absolute atomic E-state index is 0.260. The van der Waals surface area contributed by atoms with Crippen LogP contribution in [0.1, 0.15) is 13.8 Å². The first-order chi connectivity index (χ1) is 8.90. The molecule has 0 amide bonds. The smallest absolute Gasteiger partial charge is 0.335 e. The van der Waals surface area contributed by atoms with Crippen molar-refractivity contribution in [1.29, 1.82) is 0 Å². The second kappa shape index (κ2) is 3.48. The number of hydrogen-bond acceptors (Lipinski definition) is 5. The van der Waals surface area contributed by atoms with Crippen molar-refractivity contribution < 1.29 is 23.8 Å². The maximum absolute atomic E-state index is 12.0. The first kappa shape index (κ1) is 12.4. The lowest BCUT2D eigenvalue weighted by Gasteiger charge is -2.38. The van der Waals surface area contributed by atoms with E-state index in [4.69, 9.17) is 14.2 Å². The average Bonchev–Trinajstić information content (AvgIpc) is 3.03. The lowest BCUT2D eigenvalue weighted by atomic mass is 9.61. The van der Waals surface area contributed by atoms with E-state index in [-0.39, 0.29) is 11.8 Å². The Balaban J connectivity index is 2.18. The predicted molar refractivity (Wildman–Crippen MR) is 65.1 cm³/mol. The molecule has 19 heavy (non-hydrogen) atoms. The summed E-state index contributed by atoms with van der Waals surface area (Å²) in [5.74, 6) is -1.50. The van der Waals surface area contributed by atoms with E-state index in [0.717, 1.165) is 0 Å². The molecule has 102 valence electrons. The highest BCUT2D eigenvalue weighted by molar-refractivity contribution is 6.03. The summed E-state index contributed by atoms with van der Waals surface area (Å²) in [6, 6.07) is 0. The molecular weight excluding hydrogens is 248 g/mol. The van der Waals surface area contributed by atoms with Crippen LogP contribution in [0.2, 0.25) is 0 Å². The van der Waals surface area contributed by atoms with Gasteiger partial charge in [0.25, 0.3) is 0 Å². The average molecular weight is 264 g/mol. The molecule has 0 radical (unpaired) electrons. The van der Waals surface area contributed by atoms with Crippen molar-refractivity contribution in [3.05, 3.63) is 23.3 Å². The molecule has 2 bridgehead atoms. The normalized spacial score (nSPS) is 41.9. The number of ether oxygens (including phenoxy) is 3. The molecule has 4 atom stereocenters. The van der Waals surface area contributed by atoms with Crippen LogP contribution in [0.25, 0.3) is 0 Å². The van der Waals surface area contributed by atoms with E-state index in [1.165, 1.54) is 14.2 Å². The summed E-state index contributed by atoms with van der Waals surface area (Å²) in [5.41, 5.74) is -0.125. The van der Waals surface area contributed by atoms with Gasteiger partial charge < -0.3 is 14.2 Å². The zero-order valence-corrected chi connectivity index (χ0v) is 11.4. The van der Waals surface area contributed by atoms with Gasteiger partial charge >= 0.3 is 11.9 Å². The summed E-state index contributed by atoms with van der Waals surface area (Å²) >= 11 is 0. The number of epoxide rings is 1. The molecule has 0 unspecified atom stereocenters. The van der Waals surface area contributed by atoms with Crippen molar-refractivity contribution in [3.63, 3.8) is 0 Å². The maximum atomic E-state index is 12.0. The number of rotatable bonds is 2. The number of hydrogen-bond donors (Lipinski definition) is 0. The van der Waals surface area contributed by atoms with Gasteiger partial charge in [0.15, 0.2) is 0 Å². The van der Waals surface area contributed by atoms with Crippen LogP contribution in [0.4, 0.5) is 0 Å². The molecule has 0 saturated carbocycles. The summed E-state index contributed by atoms with van der Waals surface area (Å²) < 4.78 is 15.5. The van der Waals surface area contributed by atoms with Crippen molar-refractivity contribution in [2.45, 2.75) is 25.0 Å². The van der Waals surface area contributed by atoms with Crippen LogP contribution in [0, 0.1) is 11.8 Å². The standard InChI is InChI=1S/C14H16O5/c1-13-7-5-6-8(14(13,2)19-13)10(12(16)18-4)9(7)11(15)17-3/h5-8H,1-4H3/t7-,8+,13-,14+. The molecule has 1 aliphatic heterocycles. The minimum Gasteiger partial charge on any atom is -0.466 e. The zero-order chi connectivity index (χ0) is 14.0. The van der Waals surface area contributed by atoms with Crippen molar-refractivity contribution in [2.24, 2.45) is 11.8 Å². The summed E-state index contributed by atoms with van der Waals surface area (Å²) in [6.07, 6.45) is 3.86. The highest BCUT2D eigenvalue weighted by Gasteiger charge is 2.76. The quantitative estimate of drug-likeness (QED) is 0.423. The Morgan fingerprint density at radius 1 is 1.00 bits per heavy atom. The predicted octanol–water partition coefficient (Wildman–Crippen LogP) is 0.992. The third-order valence-corrected chi connectivity index (χ3v) is 4.77. The van der Waals surface area contributed by atoms with Gasteiger partial charge in [-0.15, -0.1) is 0 Å². The zero-order valence-electron chi connectivity index (χ0n) is 11.4. The van der Waals surface area contributed by atoms with E-state index in [0.29, 0.717) is 11.1 Å². The Morgan fingerprint density at radius 2 is 1.37 bits per heavy atom. The molecule has 4 rings (SSSR count). The molecule has 0 aromatic carbocycles. The van der Waals surface area contributed by atoms with Gasteiger partial charge in [0, 0.05) is 11.8 Å². The van der Waals surface area contributed by atoms with Crippen LogP contribution in [-0.4, -0.2) is 37.4 Å². The summed E-state index contributed by atoms with van der Waals surface area (Å²) in [5, 5.41) is 0. The molecular formula is C14H16O5. The Bertz CT molecular complexity index is 500. The Morgan fingerprint density at radius 3 is 1.68 bits per heavy atom. The van der Waals surface area contributed by atoms with Crippen LogP contribution in [0.15, 0.2) is 23.3 Å². The molecule has 1 fully saturated rings. The molecule has 5 heteroatoms. The van der Waals surface area contributed by atoms with Crippen molar-refractivity contribution in [2.75, 3.05) is 14.2 Å². The molecule has 5 nitrogen and oxygen atoms in total. The third kappa shape index (κ3) is 1.23. The van der Waals surface area contributed by atoms with E-state index >= 15 is 0 Å². The fraction of sp³-hybridized carbons (Fsp3) is 0.571. The van der Waals surface area contributed by atoms with Gasteiger partial charge in [0.2, 0.25) is 0 Å². The lowest BCUT2D eigenvalue weighted by molar-refractivity contribution is -0.140. The van der Waals surface area contributed by atoms with Crippen molar-refractivity contribution in [1.82, 2.24) is 0 Å². The third-order valence-electron chi connectivity index (χ3n) is 4.77. The largest absolute Gasteiger partial charge is 0.466 e. The molecule has 4 aliphatic rings. The molecule has 1 heterocycles. The van der Waals surface area contributed by atoms with Gasteiger partial charge in [0.1, 0.15) is 11.2 Å². The van der Waals surface area contributed by atoms with Crippen LogP contribution >= 0.6 is 0 Å². The van der Waals surface area contributed by atoms with Crippen LogP contribution in [0.5, 0.6) is 0 Å². The SMILES string of the molecule is COC(=O)C1=C(C(=O)OC)[C@@H]2C=C[C@H]1[C@@]1(C)O[C@@]21C. The van der Waals surface area contributed by atoms with E-state index in [1.807, 2.05) is 26.0 Å². The van der Waals surface area contributed by atoms with Crippen LogP contribution in [-0.2, 0) is 23.8 Å². The second-order valence-corrected chi connectivity index (χ2v) is 5.47. The molecule has 0 spiro atoms. The van der Waals surface area contributed by atoms with Crippen molar-refractivity contribution in [3.8, 4) is 0 Å². The highest BCUT2D eigenvalue weighted by atomic mass is 16.6. The Kier molecular flexibility index (Phi) is 2.27. The van der Waals surface area contributed by atoms with Gasteiger partial charge in [0.05, 0.1) is 25.4 Å². The number of esters is 2. The van der Waals surface area contributed by atoms with E-state index in [9.17, 15) is 9.59 Å². The van der Waals surface area contributed by atoms with Crippen molar-refractivity contribution >= 4 is 11.9 Å². The monoisotopic (exact) mass is 264 g/mol. The van der Waals surface area contributed by atoms with Gasteiger partial charge in [-0.05, 0) is 13.8 Å². The lowest BCUT2D eigenvalue weighted by Crippen LogP contribution is -2.47. The summed E-state index contributed by atoms with van der Waals surface area (Å²) in [4.78, 5) is 24.0. The van der Waals surface area contributed by atoms with E-state index < -0.39 is 23.1 Å². The fourth-order valence-corrected chi connectivity index (χ4v) is 3.52. The van der Waals surface area contributed by atoms with E-state index in [2.05, 4.69) is 0 Å². The molecule has 1 saturated heterocycles. The topological polar surface area (TPSA) is 65.1 Å². The number of carbonyl (C=O) groups is 2. The molecule has 0 aromatic rings. The van der Waals surface area contributed by atoms with Gasteiger partial charge in [-0.1, -0.05) is 12.2 Å². The number of methoxy groups -OCH3 is 2. The van der Waals surface area contributed by atoms with Crippen LogP contribution in [0.3, 0.4) is 0 Å². The first-order valence-corrected chi connectivity index (χ1v) is 6.20.